The largest absolute Gasteiger partial charge is 0.507 e. The molecule has 4 bridgehead atoms. The number of benzene rings is 1. The summed E-state index contributed by atoms with van der Waals surface area (Å²) in [4.78, 5) is 27.5. The molecule has 1 aromatic carbocycles. The van der Waals surface area contributed by atoms with Gasteiger partial charge in [-0.2, -0.15) is 0 Å². The van der Waals surface area contributed by atoms with Crippen molar-refractivity contribution in [3.8, 4) is 11.5 Å². The molecule has 6 rings (SSSR count). The summed E-state index contributed by atoms with van der Waals surface area (Å²) >= 11 is 6.50. The zero-order valence-electron chi connectivity index (χ0n) is 18.4. The molecule has 1 aromatic rings. The first-order valence-electron chi connectivity index (χ1n) is 10.7. The molecule has 0 unspecified atom stereocenters. The lowest BCUT2D eigenvalue weighted by Crippen LogP contribution is -2.58. The maximum absolute atomic E-state index is 13.9. The molecule has 0 saturated carbocycles. The lowest BCUT2D eigenvalue weighted by Gasteiger charge is -2.48. The van der Waals surface area contributed by atoms with Crippen molar-refractivity contribution in [1.29, 1.82) is 0 Å². The number of hydrogen-bond donors (Lipinski definition) is 3. The molecule has 170 valence electrons. The van der Waals surface area contributed by atoms with Gasteiger partial charge in [-0.25, -0.2) is 0 Å². The Kier molecular flexibility index (Phi) is 5.60. The summed E-state index contributed by atoms with van der Waals surface area (Å²) < 4.78 is 6.31. The van der Waals surface area contributed by atoms with Gasteiger partial charge in [-0.05, 0) is 45.3 Å². The van der Waals surface area contributed by atoms with E-state index < -0.39 is 33.9 Å². The van der Waals surface area contributed by atoms with Crippen LogP contribution in [0.3, 0.4) is 0 Å². The van der Waals surface area contributed by atoms with Gasteiger partial charge in [0.05, 0.1) is 23.1 Å². The molecular formula is C25H27ClO6. The summed E-state index contributed by atoms with van der Waals surface area (Å²) in [6.45, 7) is 5.22. The van der Waals surface area contributed by atoms with E-state index in [0.29, 0.717) is 18.4 Å². The molecule has 4 aliphatic carbocycles. The van der Waals surface area contributed by atoms with Crippen molar-refractivity contribution >= 4 is 23.2 Å². The molecule has 3 N–H and O–H groups in total. The van der Waals surface area contributed by atoms with E-state index in [0.717, 1.165) is 5.57 Å². The molecule has 7 heteroatoms. The third-order valence-corrected chi connectivity index (χ3v) is 7.28. The van der Waals surface area contributed by atoms with E-state index in [1.807, 2.05) is 19.1 Å². The summed E-state index contributed by atoms with van der Waals surface area (Å²) in [5.41, 5.74) is -0.913. The standard InChI is InChI=1S/C25H27ClO6/c1-13-5-4-6-14(12-27)9-15-18(28)10-16-20(21(15)29)22(30)17-11-19(26)24(2,3)32-25(17,8-7-13)23(16)31/h6-7,10-11,19,27-29H,4-5,8-9,12H2,1-3H3/b13-7-,14-6+/t19-,25-/m1/s1. The molecule has 32 heavy (non-hydrogen) atoms. The smallest absolute Gasteiger partial charge is 0.200 e. The maximum atomic E-state index is 13.9. The number of aliphatic hydroxyl groups is 1. The summed E-state index contributed by atoms with van der Waals surface area (Å²) in [6, 6.07) is 1.23. The van der Waals surface area contributed by atoms with E-state index in [-0.39, 0.29) is 47.5 Å². The first kappa shape index (κ1) is 22.8. The van der Waals surface area contributed by atoms with Crippen LogP contribution in [0.1, 0.15) is 66.3 Å². The third-order valence-electron chi connectivity index (χ3n) is 6.63. The van der Waals surface area contributed by atoms with Gasteiger partial charge in [0.1, 0.15) is 11.5 Å². The highest BCUT2D eigenvalue weighted by atomic mass is 35.5. The number of hydrogen-bond acceptors (Lipinski definition) is 6. The highest BCUT2D eigenvalue weighted by molar-refractivity contribution is 6.30. The Morgan fingerprint density at radius 2 is 1.94 bits per heavy atom. The molecule has 0 aromatic heterocycles. The molecule has 6 nitrogen and oxygen atoms in total. The Labute approximate surface area is 191 Å². The number of carbonyl (C=O) groups excluding carboxylic acids is 2. The van der Waals surface area contributed by atoms with Gasteiger partial charge in [0.2, 0.25) is 5.78 Å². The predicted molar refractivity (Wildman–Crippen MR) is 121 cm³/mol. The Morgan fingerprint density at radius 3 is 2.62 bits per heavy atom. The summed E-state index contributed by atoms with van der Waals surface area (Å²) in [6.07, 6.45) is 6.83. The highest BCUT2D eigenvalue weighted by Crippen LogP contribution is 2.50. The van der Waals surface area contributed by atoms with Crippen molar-refractivity contribution in [3.63, 3.8) is 0 Å². The molecule has 0 amide bonds. The molecule has 0 fully saturated rings. The SMILES string of the molecule is C/C1=C/C[C@@]23OC(C)(C)[C@H](Cl)C=C2C(=O)c2c(cc(O)c(c2O)C/C(CO)=C\CC1)C3=O. The Bertz CT molecular complexity index is 1110. The lowest BCUT2D eigenvalue weighted by molar-refractivity contribution is -0.103. The van der Waals surface area contributed by atoms with Crippen molar-refractivity contribution in [3.05, 3.63) is 57.7 Å². The van der Waals surface area contributed by atoms with Crippen LogP contribution in [-0.2, 0) is 11.2 Å². The van der Waals surface area contributed by atoms with Gasteiger partial charge in [0.15, 0.2) is 11.4 Å². The first-order chi connectivity index (χ1) is 15.0. The van der Waals surface area contributed by atoms with Crippen LogP contribution < -0.4 is 0 Å². The van der Waals surface area contributed by atoms with Crippen LogP contribution >= 0.6 is 11.6 Å². The van der Waals surface area contributed by atoms with E-state index in [2.05, 4.69) is 0 Å². The van der Waals surface area contributed by atoms with Crippen LogP contribution in [0.15, 0.2) is 41.0 Å². The van der Waals surface area contributed by atoms with Crippen molar-refractivity contribution in [2.24, 2.45) is 0 Å². The second-order valence-electron chi connectivity index (χ2n) is 9.31. The number of rotatable bonds is 1. The van der Waals surface area contributed by atoms with Gasteiger partial charge in [-0.3, -0.25) is 9.59 Å². The minimum absolute atomic E-state index is 0.0531. The van der Waals surface area contributed by atoms with Gasteiger partial charge in [-0.1, -0.05) is 23.8 Å². The number of ether oxygens (including phenoxy) is 1. The molecule has 0 saturated heterocycles. The summed E-state index contributed by atoms with van der Waals surface area (Å²) in [5, 5.41) is 30.7. The fourth-order valence-corrected chi connectivity index (χ4v) is 4.86. The number of phenolic OH excluding ortho intramolecular Hbond substituents is 2. The second kappa shape index (κ2) is 7.87. The van der Waals surface area contributed by atoms with Crippen LogP contribution in [0.25, 0.3) is 0 Å². The average Bonchev–Trinajstić information content (AvgIpc) is 2.73. The quantitative estimate of drug-likeness (QED) is 0.431. The van der Waals surface area contributed by atoms with Gasteiger partial charge in [-0.15, -0.1) is 11.6 Å². The van der Waals surface area contributed by atoms with Crippen LogP contribution in [0, 0.1) is 0 Å². The highest BCUT2D eigenvalue weighted by Gasteiger charge is 2.57. The number of phenols is 2. The fraction of sp³-hybridized carbons (Fsp3) is 0.440. The van der Waals surface area contributed by atoms with Gasteiger partial charge < -0.3 is 20.1 Å². The van der Waals surface area contributed by atoms with Crippen LogP contribution in [-0.4, -0.2) is 50.1 Å². The average molecular weight is 459 g/mol. The molecule has 5 aliphatic rings. The number of Topliss-reactive ketones (excluding diaryl/α,β-unsaturated/α-hetero) is 2. The molecule has 1 heterocycles. The van der Waals surface area contributed by atoms with Crippen LogP contribution in [0.4, 0.5) is 0 Å². The van der Waals surface area contributed by atoms with Crippen molar-refractivity contribution < 1.29 is 29.6 Å². The summed E-state index contributed by atoms with van der Waals surface area (Å²) in [5.74, 6) is -1.80. The lowest BCUT2D eigenvalue weighted by atomic mass is 9.69. The monoisotopic (exact) mass is 458 g/mol. The molecule has 1 aliphatic heterocycles. The number of aromatic hydroxyl groups is 2. The van der Waals surface area contributed by atoms with E-state index in [4.69, 9.17) is 16.3 Å². The summed E-state index contributed by atoms with van der Waals surface area (Å²) in [7, 11) is 0. The first-order valence-corrected chi connectivity index (χ1v) is 11.1. The van der Waals surface area contributed by atoms with E-state index in [1.165, 1.54) is 6.07 Å². The van der Waals surface area contributed by atoms with Crippen molar-refractivity contribution in [2.45, 2.75) is 63.0 Å². The van der Waals surface area contributed by atoms with Crippen LogP contribution in [0.5, 0.6) is 11.5 Å². The second-order valence-corrected chi connectivity index (χ2v) is 9.78. The Hall–Kier alpha value is -2.41. The number of alkyl halides is 1. The van der Waals surface area contributed by atoms with Crippen molar-refractivity contribution in [2.75, 3.05) is 6.61 Å². The van der Waals surface area contributed by atoms with Gasteiger partial charge in [0.25, 0.3) is 0 Å². The third kappa shape index (κ3) is 3.41. The van der Waals surface area contributed by atoms with Gasteiger partial charge >= 0.3 is 0 Å². The Balaban J connectivity index is 2.04. The fourth-order valence-electron chi connectivity index (χ4n) is 4.69. The minimum Gasteiger partial charge on any atom is -0.507 e. The Morgan fingerprint density at radius 1 is 1.22 bits per heavy atom. The van der Waals surface area contributed by atoms with E-state index in [9.17, 15) is 24.9 Å². The molecular weight excluding hydrogens is 432 g/mol. The van der Waals surface area contributed by atoms with E-state index >= 15 is 0 Å². The maximum Gasteiger partial charge on any atom is 0.200 e. The number of aliphatic hydroxyl groups excluding tert-OH is 1. The molecule has 2 atom stereocenters. The normalized spacial score (nSPS) is 30.7. The number of fused-ring (bicyclic) bond motifs is 1. The number of halogens is 1. The minimum atomic E-state index is -1.59. The van der Waals surface area contributed by atoms with Crippen molar-refractivity contribution in [1.82, 2.24) is 0 Å². The molecule has 0 radical (unpaired) electrons. The van der Waals surface area contributed by atoms with Gasteiger partial charge in [0, 0.05) is 29.5 Å². The number of ketones is 2. The zero-order chi connectivity index (χ0) is 23.4. The predicted octanol–water partition coefficient (Wildman–Crippen LogP) is 4.15. The zero-order valence-corrected chi connectivity index (χ0v) is 19.1. The number of allylic oxidation sites excluding steroid dienone is 2. The molecule has 1 spiro atoms. The topological polar surface area (TPSA) is 104 Å². The van der Waals surface area contributed by atoms with E-state index in [1.54, 1.807) is 19.9 Å². The number of carbonyl (C=O) groups is 2. The van der Waals surface area contributed by atoms with Crippen LogP contribution in [0.2, 0.25) is 0 Å².